The van der Waals surface area contributed by atoms with E-state index in [0.29, 0.717) is 0 Å². The van der Waals surface area contributed by atoms with Crippen LogP contribution in [0.5, 0.6) is 0 Å². The maximum atomic E-state index is 13.1. The lowest BCUT2D eigenvalue weighted by molar-refractivity contribution is -0.132. The summed E-state index contributed by atoms with van der Waals surface area (Å²) in [6, 6.07) is 2.13. The number of carboxylic acids is 1. The zero-order chi connectivity index (χ0) is 21.0. The van der Waals surface area contributed by atoms with Gasteiger partial charge in [0, 0.05) is 6.20 Å². The van der Waals surface area contributed by atoms with Crippen LogP contribution in [0.2, 0.25) is 5.02 Å². The molecule has 8 nitrogen and oxygen atoms in total. The summed E-state index contributed by atoms with van der Waals surface area (Å²) in [6.07, 6.45) is -5.80. The van der Waals surface area contributed by atoms with Gasteiger partial charge in [-0.1, -0.05) is 11.6 Å². The Labute approximate surface area is 156 Å². The molecule has 0 unspecified atom stereocenters. The monoisotopic (exact) mass is 408 g/mol. The fraction of sp³-hybridized carbons (Fsp3) is 0.333. The highest BCUT2D eigenvalue weighted by Gasteiger charge is 2.40. The Kier molecular flexibility index (Phi) is 6.79. The van der Waals surface area contributed by atoms with Crippen molar-refractivity contribution in [2.24, 2.45) is 10.7 Å². The van der Waals surface area contributed by atoms with Crippen LogP contribution in [0, 0.1) is 0 Å². The number of nitrogens with two attached hydrogens (primary N) is 1. The lowest BCUT2D eigenvalue weighted by Gasteiger charge is -2.19. The number of alkyl halides is 3. The quantitative estimate of drug-likeness (QED) is 0.515. The Hall–Kier alpha value is -2.82. The Bertz CT molecular complexity index is 801. The molecule has 0 aliphatic heterocycles. The summed E-state index contributed by atoms with van der Waals surface area (Å²) in [5, 5.41) is 10.9. The van der Waals surface area contributed by atoms with Crippen LogP contribution < -0.4 is 11.1 Å². The molecule has 0 fully saturated rings. The topological polar surface area (TPSA) is 127 Å². The molecule has 1 rings (SSSR count). The number of hydrogen-bond acceptors (Lipinski definition) is 6. The second-order valence-electron chi connectivity index (χ2n) is 5.97. The number of aliphatic carboxylic acids is 1. The minimum Gasteiger partial charge on any atom is -0.478 e. The normalized spacial score (nSPS) is 13.3. The number of carboxylic acid groups (broad SMARTS) is 1. The zero-order valence-corrected chi connectivity index (χ0v) is 15.1. The van der Waals surface area contributed by atoms with Crippen LogP contribution >= 0.6 is 11.6 Å². The van der Waals surface area contributed by atoms with Gasteiger partial charge in [0.1, 0.15) is 11.2 Å². The van der Waals surface area contributed by atoms with Crippen molar-refractivity contribution in [1.82, 2.24) is 4.98 Å². The second kappa shape index (κ2) is 8.25. The fourth-order valence-electron chi connectivity index (χ4n) is 1.62. The van der Waals surface area contributed by atoms with Crippen molar-refractivity contribution < 1.29 is 32.6 Å². The number of halogens is 4. The molecule has 0 saturated carbocycles. The van der Waals surface area contributed by atoms with Crippen LogP contribution in [0.4, 0.5) is 29.6 Å². The maximum absolute atomic E-state index is 13.1. The first-order valence-electron chi connectivity index (χ1n) is 7.22. The average Bonchev–Trinajstić information content (AvgIpc) is 2.47. The molecule has 0 radical (unpaired) electrons. The van der Waals surface area contributed by atoms with Crippen LogP contribution in [0.1, 0.15) is 20.8 Å². The van der Waals surface area contributed by atoms with Crippen LogP contribution in [0.15, 0.2) is 28.9 Å². The number of nitrogens with one attached hydrogen (secondary N) is 1. The van der Waals surface area contributed by atoms with Gasteiger partial charge in [-0.15, -0.1) is 0 Å². The molecule has 0 spiro atoms. The standard InChI is InChI=1S/C15H16ClF3N4O4/c1-14(2,3)27-13(26)23-11-8(16)4-5-9(22-11)21-10(15(17,18)19)7(6-20)12(24)25/h4-6H,20H2,1-3H3,(H,24,25)(H,22,23,26)/b7-6+,21-10?. The molecule has 0 aromatic carbocycles. The predicted molar refractivity (Wildman–Crippen MR) is 92.2 cm³/mol. The number of amides is 1. The largest absolute Gasteiger partial charge is 0.478 e. The van der Waals surface area contributed by atoms with E-state index < -0.39 is 40.9 Å². The lowest BCUT2D eigenvalue weighted by Crippen LogP contribution is -2.29. The minimum absolute atomic E-state index is 0.0961. The molecule has 27 heavy (non-hydrogen) atoms. The first kappa shape index (κ1) is 22.2. The van der Waals surface area contributed by atoms with Crippen LogP contribution in [0.25, 0.3) is 0 Å². The summed E-state index contributed by atoms with van der Waals surface area (Å²) in [6.45, 7) is 4.81. The Morgan fingerprint density at radius 1 is 1.33 bits per heavy atom. The second-order valence-corrected chi connectivity index (χ2v) is 6.38. The third kappa shape index (κ3) is 6.77. The van der Waals surface area contributed by atoms with Crippen molar-refractivity contribution in [2.45, 2.75) is 32.5 Å². The number of aromatic nitrogens is 1. The molecule has 1 aromatic rings. The average molecular weight is 409 g/mol. The Morgan fingerprint density at radius 2 is 1.93 bits per heavy atom. The molecular formula is C15H16ClF3N4O4. The van der Waals surface area contributed by atoms with E-state index in [1.165, 1.54) is 0 Å². The third-order valence-corrected chi connectivity index (χ3v) is 2.90. The summed E-state index contributed by atoms with van der Waals surface area (Å²) in [7, 11) is 0. The van der Waals surface area contributed by atoms with Gasteiger partial charge < -0.3 is 15.6 Å². The van der Waals surface area contributed by atoms with E-state index in [9.17, 15) is 22.8 Å². The number of pyridine rings is 1. The van der Waals surface area contributed by atoms with Crippen molar-refractivity contribution in [3.8, 4) is 0 Å². The molecule has 0 atom stereocenters. The van der Waals surface area contributed by atoms with Gasteiger partial charge >= 0.3 is 18.2 Å². The summed E-state index contributed by atoms with van der Waals surface area (Å²) in [5.41, 5.74) is 1.10. The van der Waals surface area contributed by atoms with E-state index in [0.717, 1.165) is 12.1 Å². The van der Waals surface area contributed by atoms with Crippen molar-refractivity contribution in [2.75, 3.05) is 5.32 Å². The van der Waals surface area contributed by atoms with Crippen LogP contribution in [-0.4, -0.2) is 39.6 Å². The summed E-state index contributed by atoms with van der Waals surface area (Å²) in [5.74, 6) is -2.80. The van der Waals surface area contributed by atoms with Crippen molar-refractivity contribution in [3.63, 3.8) is 0 Å². The molecule has 1 aromatic heterocycles. The molecule has 0 saturated heterocycles. The lowest BCUT2D eigenvalue weighted by atomic mass is 10.1. The van der Waals surface area contributed by atoms with Gasteiger partial charge in [-0.05, 0) is 32.9 Å². The zero-order valence-electron chi connectivity index (χ0n) is 14.4. The van der Waals surface area contributed by atoms with Gasteiger partial charge in [-0.2, -0.15) is 13.2 Å². The van der Waals surface area contributed by atoms with Crippen molar-refractivity contribution in [1.29, 1.82) is 0 Å². The SMILES string of the molecule is CC(C)(C)OC(=O)Nc1nc(N=C(/C(=C\N)C(=O)O)C(F)(F)F)ccc1Cl. The maximum Gasteiger partial charge on any atom is 0.434 e. The van der Waals surface area contributed by atoms with E-state index >= 15 is 0 Å². The summed E-state index contributed by atoms with van der Waals surface area (Å²) >= 11 is 5.85. The van der Waals surface area contributed by atoms with Gasteiger partial charge in [0.15, 0.2) is 17.3 Å². The molecule has 4 N–H and O–H groups in total. The smallest absolute Gasteiger partial charge is 0.434 e. The molecule has 148 valence electrons. The Balaban J connectivity index is 3.32. The summed E-state index contributed by atoms with van der Waals surface area (Å²) < 4.78 is 44.4. The number of anilines is 1. The molecule has 12 heteroatoms. The van der Waals surface area contributed by atoms with E-state index in [-0.39, 0.29) is 17.0 Å². The number of carbonyl (C=O) groups excluding carboxylic acids is 1. The van der Waals surface area contributed by atoms with E-state index in [1.54, 1.807) is 20.8 Å². The molecule has 0 aliphatic carbocycles. The highest BCUT2D eigenvalue weighted by atomic mass is 35.5. The van der Waals surface area contributed by atoms with Gasteiger partial charge in [-0.25, -0.2) is 19.6 Å². The number of nitrogens with zero attached hydrogens (tertiary/aromatic N) is 2. The molecule has 1 amide bonds. The summed E-state index contributed by atoms with van der Waals surface area (Å²) in [4.78, 5) is 29.6. The third-order valence-electron chi connectivity index (χ3n) is 2.60. The minimum atomic E-state index is -5.12. The number of hydrogen-bond donors (Lipinski definition) is 3. The first-order chi connectivity index (χ1) is 12.2. The first-order valence-corrected chi connectivity index (χ1v) is 7.60. The molecular weight excluding hydrogens is 393 g/mol. The number of ether oxygens (including phenoxy) is 1. The highest BCUT2D eigenvalue weighted by Crippen LogP contribution is 2.28. The molecule has 0 bridgehead atoms. The number of aliphatic imine (C=N–C) groups is 1. The van der Waals surface area contributed by atoms with Gasteiger partial charge in [0.25, 0.3) is 0 Å². The number of carbonyl (C=O) groups is 2. The highest BCUT2D eigenvalue weighted by molar-refractivity contribution is 6.33. The molecule has 1 heterocycles. The van der Waals surface area contributed by atoms with Crippen molar-refractivity contribution in [3.05, 3.63) is 28.9 Å². The fourth-order valence-corrected chi connectivity index (χ4v) is 1.78. The van der Waals surface area contributed by atoms with Crippen molar-refractivity contribution >= 4 is 41.0 Å². The van der Waals surface area contributed by atoms with Crippen LogP contribution in [0.3, 0.4) is 0 Å². The van der Waals surface area contributed by atoms with Gasteiger partial charge in [-0.3, -0.25) is 5.32 Å². The number of rotatable bonds is 4. The van der Waals surface area contributed by atoms with Gasteiger partial charge in [0.2, 0.25) is 0 Å². The Morgan fingerprint density at radius 3 is 2.37 bits per heavy atom. The molecule has 0 aliphatic rings. The van der Waals surface area contributed by atoms with Crippen LogP contribution in [-0.2, 0) is 9.53 Å². The van der Waals surface area contributed by atoms with E-state index in [4.69, 9.17) is 27.2 Å². The van der Waals surface area contributed by atoms with E-state index in [2.05, 4.69) is 15.3 Å². The van der Waals surface area contributed by atoms with E-state index in [1.807, 2.05) is 0 Å². The van der Waals surface area contributed by atoms with Gasteiger partial charge in [0.05, 0.1) is 5.02 Å². The predicted octanol–water partition coefficient (Wildman–Crippen LogP) is 3.64.